The van der Waals surface area contributed by atoms with Crippen molar-refractivity contribution < 1.29 is 4.74 Å². The van der Waals surface area contributed by atoms with Crippen LogP contribution < -0.4 is 10.5 Å². The molecule has 1 unspecified atom stereocenters. The largest absolute Gasteiger partial charge is 0.496 e. The third kappa shape index (κ3) is 2.79. The fourth-order valence-electron chi connectivity index (χ4n) is 2.71. The lowest BCUT2D eigenvalue weighted by atomic mass is 9.90. The van der Waals surface area contributed by atoms with Crippen LogP contribution in [0, 0.1) is 6.92 Å². The smallest absolute Gasteiger partial charge is 0.121 e. The molecule has 0 radical (unpaired) electrons. The molecule has 1 aromatic rings. The highest BCUT2D eigenvalue weighted by molar-refractivity contribution is 5.37. The number of aryl methyl sites for hydroxylation is 1. The first-order valence-electron chi connectivity index (χ1n) is 6.13. The fourth-order valence-corrected chi connectivity index (χ4v) is 2.71. The van der Waals surface area contributed by atoms with Crippen molar-refractivity contribution in [2.75, 3.05) is 27.2 Å². The van der Waals surface area contributed by atoms with Crippen LogP contribution in [0.4, 0.5) is 0 Å². The summed E-state index contributed by atoms with van der Waals surface area (Å²) in [7, 11) is 3.84. The van der Waals surface area contributed by atoms with Crippen LogP contribution in [0.3, 0.4) is 0 Å². The molecular formula is C14H22N2O. The average Bonchev–Trinajstić information content (AvgIpc) is 2.58. The molecule has 1 aromatic carbocycles. The molecular weight excluding hydrogens is 212 g/mol. The van der Waals surface area contributed by atoms with Gasteiger partial charge >= 0.3 is 0 Å². The summed E-state index contributed by atoms with van der Waals surface area (Å²) in [5.74, 6) is 0.948. The molecule has 0 amide bonds. The van der Waals surface area contributed by atoms with Crippen molar-refractivity contribution in [3.05, 3.63) is 29.3 Å². The van der Waals surface area contributed by atoms with E-state index in [9.17, 15) is 0 Å². The van der Waals surface area contributed by atoms with Gasteiger partial charge in [-0.05, 0) is 50.6 Å². The van der Waals surface area contributed by atoms with E-state index in [-0.39, 0.29) is 5.54 Å². The van der Waals surface area contributed by atoms with Crippen LogP contribution in [0.5, 0.6) is 5.75 Å². The Morgan fingerprint density at radius 1 is 1.47 bits per heavy atom. The number of rotatable bonds is 3. The van der Waals surface area contributed by atoms with Crippen molar-refractivity contribution in [2.24, 2.45) is 5.73 Å². The number of likely N-dealkylation sites (N-methyl/N-ethyl adjacent to an activating group) is 1. The molecule has 1 aliphatic heterocycles. The number of ether oxygens (including phenoxy) is 1. The van der Waals surface area contributed by atoms with E-state index >= 15 is 0 Å². The van der Waals surface area contributed by atoms with Crippen molar-refractivity contribution in [3.8, 4) is 5.75 Å². The molecule has 0 aromatic heterocycles. The molecule has 0 bridgehead atoms. The Balaban J connectivity index is 2.11. The summed E-state index contributed by atoms with van der Waals surface area (Å²) in [5.41, 5.74) is 8.86. The molecule has 0 aliphatic carbocycles. The van der Waals surface area contributed by atoms with Gasteiger partial charge in [-0.25, -0.2) is 0 Å². The summed E-state index contributed by atoms with van der Waals surface area (Å²) in [4.78, 5) is 2.30. The summed E-state index contributed by atoms with van der Waals surface area (Å²) in [5, 5.41) is 0. The molecule has 1 aliphatic rings. The zero-order valence-electron chi connectivity index (χ0n) is 11.0. The Labute approximate surface area is 104 Å². The summed E-state index contributed by atoms with van der Waals surface area (Å²) in [6.07, 6.45) is 2.02. The lowest BCUT2D eigenvalue weighted by molar-refractivity contribution is 0.366. The van der Waals surface area contributed by atoms with E-state index in [0.717, 1.165) is 31.7 Å². The van der Waals surface area contributed by atoms with Crippen molar-refractivity contribution >= 4 is 0 Å². The molecule has 1 heterocycles. The topological polar surface area (TPSA) is 38.5 Å². The van der Waals surface area contributed by atoms with Gasteiger partial charge in [0.25, 0.3) is 0 Å². The predicted octanol–water partition coefficient (Wildman–Crippen LogP) is 1.58. The van der Waals surface area contributed by atoms with Crippen LogP contribution in [-0.4, -0.2) is 37.7 Å². The highest BCUT2D eigenvalue weighted by Gasteiger charge is 2.32. The van der Waals surface area contributed by atoms with E-state index in [1.165, 1.54) is 11.1 Å². The Morgan fingerprint density at radius 3 is 2.76 bits per heavy atom. The third-order valence-electron chi connectivity index (χ3n) is 3.59. The first kappa shape index (κ1) is 12.4. The second-order valence-electron chi connectivity index (χ2n) is 5.33. The summed E-state index contributed by atoms with van der Waals surface area (Å²) in [6.45, 7) is 4.16. The SMILES string of the molecule is COc1ccc(CC2(N)CCN(C)C2)cc1C. The van der Waals surface area contributed by atoms with Crippen LogP contribution in [0.25, 0.3) is 0 Å². The monoisotopic (exact) mass is 234 g/mol. The first-order valence-corrected chi connectivity index (χ1v) is 6.13. The predicted molar refractivity (Wildman–Crippen MR) is 70.5 cm³/mol. The average molecular weight is 234 g/mol. The summed E-state index contributed by atoms with van der Waals surface area (Å²) in [6, 6.07) is 6.34. The number of likely N-dealkylation sites (tertiary alicyclic amines) is 1. The lowest BCUT2D eigenvalue weighted by Gasteiger charge is -2.24. The number of nitrogens with zero attached hydrogens (tertiary/aromatic N) is 1. The molecule has 3 nitrogen and oxygen atoms in total. The molecule has 0 saturated carbocycles. The quantitative estimate of drug-likeness (QED) is 0.863. The van der Waals surface area contributed by atoms with Gasteiger partial charge in [0.05, 0.1) is 7.11 Å². The summed E-state index contributed by atoms with van der Waals surface area (Å²) >= 11 is 0. The van der Waals surface area contributed by atoms with E-state index in [1.54, 1.807) is 7.11 Å². The van der Waals surface area contributed by atoms with Crippen LogP contribution in [0.15, 0.2) is 18.2 Å². The van der Waals surface area contributed by atoms with Gasteiger partial charge in [-0.3, -0.25) is 0 Å². The number of hydrogen-bond acceptors (Lipinski definition) is 3. The Hall–Kier alpha value is -1.06. The van der Waals surface area contributed by atoms with Gasteiger partial charge in [0, 0.05) is 12.1 Å². The van der Waals surface area contributed by atoms with E-state index < -0.39 is 0 Å². The molecule has 2 rings (SSSR count). The Morgan fingerprint density at radius 2 is 2.24 bits per heavy atom. The number of nitrogens with two attached hydrogens (primary N) is 1. The number of methoxy groups -OCH3 is 1. The molecule has 1 saturated heterocycles. The summed E-state index contributed by atoms with van der Waals surface area (Å²) < 4.78 is 5.27. The lowest BCUT2D eigenvalue weighted by Crippen LogP contribution is -2.44. The molecule has 3 heteroatoms. The minimum Gasteiger partial charge on any atom is -0.496 e. The van der Waals surface area contributed by atoms with E-state index in [0.29, 0.717) is 0 Å². The van der Waals surface area contributed by atoms with Gasteiger partial charge in [-0.1, -0.05) is 12.1 Å². The van der Waals surface area contributed by atoms with Crippen molar-refractivity contribution in [1.29, 1.82) is 0 Å². The third-order valence-corrected chi connectivity index (χ3v) is 3.59. The maximum absolute atomic E-state index is 6.43. The molecule has 0 spiro atoms. The van der Waals surface area contributed by atoms with Gasteiger partial charge in [-0.2, -0.15) is 0 Å². The van der Waals surface area contributed by atoms with Crippen LogP contribution in [-0.2, 0) is 6.42 Å². The zero-order chi connectivity index (χ0) is 12.5. The van der Waals surface area contributed by atoms with Gasteiger partial charge in [-0.15, -0.1) is 0 Å². The van der Waals surface area contributed by atoms with Gasteiger partial charge in [0.2, 0.25) is 0 Å². The minimum atomic E-state index is -0.0597. The Bertz CT molecular complexity index is 405. The molecule has 17 heavy (non-hydrogen) atoms. The van der Waals surface area contributed by atoms with Crippen LogP contribution in [0.2, 0.25) is 0 Å². The molecule has 1 atom stereocenters. The van der Waals surface area contributed by atoms with Crippen LogP contribution >= 0.6 is 0 Å². The number of hydrogen-bond donors (Lipinski definition) is 1. The maximum atomic E-state index is 6.43. The van der Waals surface area contributed by atoms with Gasteiger partial charge in [0.1, 0.15) is 5.75 Å². The van der Waals surface area contributed by atoms with Crippen molar-refractivity contribution in [3.63, 3.8) is 0 Å². The van der Waals surface area contributed by atoms with Gasteiger partial charge in [0.15, 0.2) is 0 Å². The highest BCUT2D eigenvalue weighted by Crippen LogP contribution is 2.25. The van der Waals surface area contributed by atoms with E-state index in [4.69, 9.17) is 10.5 Å². The molecule has 1 fully saturated rings. The van der Waals surface area contributed by atoms with Crippen molar-refractivity contribution in [2.45, 2.75) is 25.3 Å². The standard InChI is InChI=1S/C14H22N2O/c1-11-8-12(4-5-13(11)17-3)9-14(15)6-7-16(2)10-14/h4-5,8H,6-7,9-10,15H2,1-3H3. The first-order chi connectivity index (χ1) is 8.02. The second kappa shape index (κ2) is 4.67. The highest BCUT2D eigenvalue weighted by atomic mass is 16.5. The fraction of sp³-hybridized carbons (Fsp3) is 0.571. The number of benzene rings is 1. The molecule has 94 valence electrons. The Kier molecular flexibility index (Phi) is 3.40. The van der Waals surface area contributed by atoms with Crippen molar-refractivity contribution in [1.82, 2.24) is 4.90 Å². The molecule has 2 N–H and O–H groups in total. The normalized spacial score (nSPS) is 25.2. The maximum Gasteiger partial charge on any atom is 0.121 e. The minimum absolute atomic E-state index is 0.0597. The van der Waals surface area contributed by atoms with E-state index in [1.807, 2.05) is 6.07 Å². The van der Waals surface area contributed by atoms with Gasteiger partial charge < -0.3 is 15.4 Å². The zero-order valence-corrected chi connectivity index (χ0v) is 11.0. The van der Waals surface area contributed by atoms with E-state index in [2.05, 4.69) is 31.0 Å². The second-order valence-corrected chi connectivity index (χ2v) is 5.33. The van der Waals surface area contributed by atoms with Crippen LogP contribution in [0.1, 0.15) is 17.5 Å².